The van der Waals surface area contributed by atoms with Crippen LogP contribution in [0.25, 0.3) is 0 Å². The summed E-state index contributed by atoms with van der Waals surface area (Å²) in [4.78, 5) is 10.6. The summed E-state index contributed by atoms with van der Waals surface area (Å²) in [5, 5.41) is 11.8. The van der Waals surface area contributed by atoms with Crippen LogP contribution in [-0.4, -0.2) is 24.2 Å². The van der Waals surface area contributed by atoms with E-state index in [9.17, 15) is 4.79 Å². The number of carbonyl (C=O) groups is 1. The predicted molar refractivity (Wildman–Crippen MR) is 42.3 cm³/mol. The lowest BCUT2D eigenvalue weighted by Crippen LogP contribution is -2.38. The molecule has 1 aliphatic carbocycles. The Bertz CT molecular complexity index is 177. The molecule has 0 bridgehead atoms. The lowest BCUT2D eigenvalue weighted by atomic mass is 9.89. The first kappa shape index (κ1) is 8.27. The zero-order chi connectivity index (χ0) is 8.27. The number of allylic oxidation sites excluding steroid dienone is 1. The van der Waals surface area contributed by atoms with Crippen molar-refractivity contribution in [2.75, 3.05) is 7.05 Å². The highest BCUT2D eigenvalue weighted by Crippen LogP contribution is 2.18. The topological polar surface area (TPSA) is 49.3 Å². The second-order valence-corrected chi connectivity index (χ2v) is 2.78. The van der Waals surface area contributed by atoms with Crippen LogP contribution in [0.1, 0.15) is 12.8 Å². The molecule has 0 aliphatic heterocycles. The number of carboxylic acid groups (broad SMARTS) is 1. The lowest BCUT2D eigenvalue weighted by molar-refractivity contribution is -0.142. The molecule has 0 fully saturated rings. The summed E-state index contributed by atoms with van der Waals surface area (Å²) in [6, 6.07) is 0.109. The molecule has 1 rings (SSSR count). The van der Waals surface area contributed by atoms with Crippen molar-refractivity contribution in [1.82, 2.24) is 5.32 Å². The van der Waals surface area contributed by atoms with Gasteiger partial charge in [0.05, 0.1) is 5.92 Å². The molecule has 0 unspecified atom stereocenters. The number of hydrogen-bond acceptors (Lipinski definition) is 2. The SMILES string of the molecule is CN[C@@H]1CC=CC[C@@H]1C(=O)O. The Balaban J connectivity index is 2.61. The fourth-order valence-electron chi connectivity index (χ4n) is 1.41. The molecule has 2 N–H and O–H groups in total. The van der Waals surface area contributed by atoms with Crippen LogP contribution >= 0.6 is 0 Å². The molecule has 0 saturated carbocycles. The quantitative estimate of drug-likeness (QED) is 0.575. The van der Waals surface area contributed by atoms with Crippen molar-refractivity contribution in [3.05, 3.63) is 12.2 Å². The van der Waals surface area contributed by atoms with Crippen molar-refractivity contribution in [1.29, 1.82) is 0 Å². The van der Waals surface area contributed by atoms with E-state index in [1.165, 1.54) is 0 Å². The molecule has 1 aliphatic rings. The van der Waals surface area contributed by atoms with Crippen LogP contribution in [0.4, 0.5) is 0 Å². The number of carboxylic acids is 1. The molecule has 0 aromatic rings. The first-order valence-electron chi connectivity index (χ1n) is 3.80. The maximum Gasteiger partial charge on any atom is 0.308 e. The van der Waals surface area contributed by atoms with Crippen LogP contribution < -0.4 is 5.32 Å². The van der Waals surface area contributed by atoms with Crippen molar-refractivity contribution >= 4 is 5.97 Å². The van der Waals surface area contributed by atoms with E-state index >= 15 is 0 Å². The summed E-state index contributed by atoms with van der Waals surface area (Å²) in [7, 11) is 1.81. The molecule has 2 atom stereocenters. The Hall–Kier alpha value is -0.830. The van der Waals surface area contributed by atoms with Gasteiger partial charge in [0.2, 0.25) is 0 Å². The van der Waals surface area contributed by atoms with E-state index in [1.54, 1.807) is 7.05 Å². The first-order chi connectivity index (χ1) is 5.25. The fraction of sp³-hybridized carbons (Fsp3) is 0.625. The van der Waals surface area contributed by atoms with Gasteiger partial charge >= 0.3 is 5.97 Å². The van der Waals surface area contributed by atoms with Crippen molar-refractivity contribution < 1.29 is 9.90 Å². The molecule has 3 nitrogen and oxygen atoms in total. The van der Waals surface area contributed by atoms with Crippen molar-refractivity contribution in [3.63, 3.8) is 0 Å². The number of hydrogen-bond donors (Lipinski definition) is 2. The second kappa shape index (κ2) is 3.53. The number of rotatable bonds is 2. The molecular weight excluding hydrogens is 142 g/mol. The average Bonchev–Trinajstić information content (AvgIpc) is 2.04. The van der Waals surface area contributed by atoms with Crippen LogP contribution in [-0.2, 0) is 4.79 Å². The summed E-state index contributed by atoms with van der Waals surface area (Å²) in [6.45, 7) is 0. The third-order valence-electron chi connectivity index (χ3n) is 2.12. The van der Waals surface area contributed by atoms with E-state index in [4.69, 9.17) is 5.11 Å². The molecule has 3 heteroatoms. The first-order valence-corrected chi connectivity index (χ1v) is 3.80. The molecule has 0 aromatic carbocycles. The van der Waals surface area contributed by atoms with Gasteiger partial charge in [-0.2, -0.15) is 0 Å². The number of aliphatic carboxylic acids is 1. The second-order valence-electron chi connectivity index (χ2n) is 2.78. The Morgan fingerprint density at radius 3 is 2.64 bits per heavy atom. The van der Waals surface area contributed by atoms with Gasteiger partial charge in [-0.05, 0) is 19.9 Å². The summed E-state index contributed by atoms with van der Waals surface area (Å²) in [5.74, 6) is -0.946. The molecular formula is C8H13NO2. The molecule has 0 radical (unpaired) electrons. The maximum absolute atomic E-state index is 10.6. The third-order valence-corrected chi connectivity index (χ3v) is 2.12. The Kier molecular flexibility index (Phi) is 2.65. The Morgan fingerprint density at radius 2 is 2.18 bits per heavy atom. The van der Waals surface area contributed by atoms with Crippen LogP contribution in [0.3, 0.4) is 0 Å². The molecule has 0 aromatic heterocycles. The minimum Gasteiger partial charge on any atom is -0.481 e. The van der Waals surface area contributed by atoms with Gasteiger partial charge in [0, 0.05) is 6.04 Å². The van der Waals surface area contributed by atoms with E-state index in [0.29, 0.717) is 6.42 Å². The summed E-state index contributed by atoms with van der Waals surface area (Å²) >= 11 is 0. The highest BCUT2D eigenvalue weighted by molar-refractivity contribution is 5.71. The Labute approximate surface area is 66.1 Å². The van der Waals surface area contributed by atoms with Gasteiger partial charge < -0.3 is 10.4 Å². The molecule has 0 spiro atoms. The lowest BCUT2D eigenvalue weighted by Gasteiger charge is -2.24. The van der Waals surface area contributed by atoms with Crippen LogP contribution in [0, 0.1) is 5.92 Å². The van der Waals surface area contributed by atoms with Crippen molar-refractivity contribution in [3.8, 4) is 0 Å². The van der Waals surface area contributed by atoms with Gasteiger partial charge in [-0.1, -0.05) is 12.2 Å². The van der Waals surface area contributed by atoms with Crippen LogP contribution in [0.15, 0.2) is 12.2 Å². The van der Waals surface area contributed by atoms with Crippen LogP contribution in [0.5, 0.6) is 0 Å². The van der Waals surface area contributed by atoms with E-state index in [2.05, 4.69) is 5.32 Å². The van der Waals surface area contributed by atoms with Crippen molar-refractivity contribution in [2.45, 2.75) is 18.9 Å². The monoisotopic (exact) mass is 155 g/mol. The minimum atomic E-state index is -0.700. The fourth-order valence-corrected chi connectivity index (χ4v) is 1.41. The highest BCUT2D eigenvalue weighted by atomic mass is 16.4. The normalized spacial score (nSPS) is 30.3. The van der Waals surface area contributed by atoms with Crippen molar-refractivity contribution in [2.24, 2.45) is 5.92 Å². The van der Waals surface area contributed by atoms with E-state index < -0.39 is 5.97 Å². The summed E-state index contributed by atoms with van der Waals surface area (Å²) in [5.41, 5.74) is 0. The maximum atomic E-state index is 10.6. The zero-order valence-corrected chi connectivity index (χ0v) is 6.58. The molecule has 11 heavy (non-hydrogen) atoms. The summed E-state index contributed by atoms with van der Waals surface area (Å²) in [6.07, 6.45) is 5.45. The number of nitrogens with one attached hydrogen (secondary N) is 1. The van der Waals surface area contributed by atoms with E-state index in [1.807, 2.05) is 12.2 Å². The molecule has 0 amide bonds. The largest absolute Gasteiger partial charge is 0.481 e. The van der Waals surface area contributed by atoms with Gasteiger partial charge in [-0.3, -0.25) is 4.79 Å². The molecule has 0 saturated heterocycles. The zero-order valence-electron chi connectivity index (χ0n) is 6.58. The summed E-state index contributed by atoms with van der Waals surface area (Å²) < 4.78 is 0. The van der Waals surface area contributed by atoms with Gasteiger partial charge in [-0.15, -0.1) is 0 Å². The minimum absolute atomic E-state index is 0.109. The van der Waals surface area contributed by atoms with Gasteiger partial charge in [0.25, 0.3) is 0 Å². The smallest absolute Gasteiger partial charge is 0.308 e. The highest BCUT2D eigenvalue weighted by Gasteiger charge is 2.26. The third kappa shape index (κ3) is 1.80. The van der Waals surface area contributed by atoms with Crippen LogP contribution in [0.2, 0.25) is 0 Å². The molecule has 62 valence electrons. The van der Waals surface area contributed by atoms with Gasteiger partial charge in [0.15, 0.2) is 0 Å². The van der Waals surface area contributed by atoms with E-state index in [-0.39, 0.29) is 12.0 Å². The Morgan fingerprint density at radius 1 is 1.55 bits per heavy atom. The average molecular weight is 155 g/mol. The van der Waals surface area contributed by atoms with Gasteiger partial charge in [-0.25, -0.2) is 0 Å². The van der Waals surface area contributed by atoms with E-state index in [0.717, 1.165) is 6.42 Å². The molecule has 0 heterocycles. The predicted octanol–water partition coefficient (Wildman–Crippen LogP) is 0.625. The standard InChI is InChI=1S/C8H13NO2/c1-9-7-5-3-2-4-6(7)8(10)11/h2-3,6-7,9H,4-5H2,1H3,(H,10,11)/t6-,7+/m0/s1. The van der Waals surface area contributed by atoms with Gasteiger partial charge in [0.1, 0.15) is 0 Å².